The Hall–Kier alpha value is -2.88. The van der Waals surface area contributed by atoms with E-state index < -0.39 is 4.92 Å². The molecule has 4 heteroatoms. The smallest absolute Gasteiger partial charge is 0.269 e. The van der Waals surface area contributed by atoms with Crippen molar-refractivity contribution in [3.05, 3.63) is 81.9 Å². The van der Waals surface area contributed by atoms with Crippen molar-refractivity contribution in [3.8, 4) is 0 Å². The van der Waals surface area contributed by atoms with Crippen LogP contribution in [0.3, 0.4) is 0 Å². The van der Waals surface area contributed by atoms with E-state index in [0.29, 0.717) is 0 Å². The first-order valence-corrected chi connectivity index (χ1v) is 6.10. The van der Waals surface area contributed by atoms with Gasteiger partial charge in [0.1, 0.15) is 0 Å². The highest BCUT2D eigenvalue weighted by atomic mass is 16.6. The Balaban J connectivity index is 1.99. The molecule has 0 aliphatic carbocycles. The third-order valence-electron chi connectivity index (χ3n) is 2.73. The first-order chi connectivity index (χ1) is 9.65. The number of nitro groups is 1. The lowest BCUT2D eigenvalue weighted by atomic mass is 10.1. The molecule has 0 fully saturated rings. The van der Waals surface area contributed by atoms with Gasteiger partial charge in [0.2, 0.25) is 0 Å². The van der Waals surface area contributed by atoms with Crippen molar-refractivity contribution >= 4 is 23.5 Å². The Morgan fingerprint density at radius 2 is 1.30 bits per heavy atom. The Morgan fingerprint density at radius 1 is 0.850 bits per heavy atom. The van der Waals surface area contributed by atoms with Gasteiger partial charge in [-0.05, 0) is 35.4 Å². The van der Waals surface area contributed by atoms with E-state index in [1.807, 2.05) is 48.6 Å². The maximum absolute atomic E-state index is 10.5. The summed E-state index contributed by atoms with van der Waals surface area (Å²) in [4.78, 5) is 10.1. The molecule has 0 saturated heterocycles. The standard InChI is InChI=1S/C16H14N2O2/c17-15-9-5-13(6-10-15)3-1-2-4-14-7-11-16(12-8-14)18(19)20/h1-12H,17H2. The molecule has 0 unspecified atom stereocenters. The quantitative estimate of drug-likeness (QED) is 0.395. The largest absolute Gasteiger partial charge is 0.399 e. The third-order valence-corrected chi connectivity index (χ3v) is 2.73. The lowest BCUT2D eigenvalue weighted by molar-refractivity contribution is -0.384. The number of hydrogen-bond donors (Lipinski definition) is 1. The van der Waals surface area contributed by atoms with E-state index in [0.717, 1.165) is 16.8 Å². The average Bonchev–Trinajstić information content (AvgIpc) is 2.46. The van der Waals surface area contributed by atoms with Gasteiger partial charge in [-0.3, -0.25) is 10.1 Å². The lowest BCUT2D eigenvalue weighted by Gasteiger charge is -1.94. The van der Waals surface area contributed by atoms with Crippen molar-refractivity contribution in [1.82, 2.24) is 0 Å². The van der Waals surface area contributed by atoms with Gasteiger partial charge in [-0.15, -0.1) is 0 Å². The van der Waals surface area contributed by atoms with Crippen molar-refractivity contribution < 1.29 is 4.92 Å². The molecule has 0 aliphatic heterocycles. The molecule has 0 amide bonds. The van der Waals surface area contributed by atoms with Crippen molar-refractivity contribution in [2.24, 2.45) is 0 Å². The van der Waals surface area contributed by atoms with Crippen LogP contribution in [-0.4, -0.2) is 4.92 Å². The van der Waals surface area contributed by atoms with Crippen LogP contribution in [0.2, 0.25) is 0 Å². The van der Waals surface area contributed by atoms with Crippen LogP contribution in [-0.2, 0) is 0 Å². The zero-order valence-corrected chi connectivity index (χ0v) is 10.8. The summed E-state index contributed by atoms with van der Waals surface area (Å²) in [5, 5.41) is 10.5. The maximum atomic E-state index is 10.5. The molecule has 0 aliphatic rings. The van der Waals surface area contributed by atoms with E-state index >= 15 is 0 Å². The monoisotopic (exact) mass is 266 g/mol. The minimum absolute atomic E-state index is 0.0968. The van der Waals surface area contributed by atoms with Crippen LogP contribution in [0.5, 0.6) is 0 Å². The number of nitro benzene ring substituents is 1. The Morgan fingerprint density at radius 3 is 1.75 bits per heavy atom. The van der Waals surface area contributed by atoms with E-state index in [1.54, 1.807) is 12.1 Å². The second kappa shape index (κ2) is 6.33. The Labute approximate surface area is 117 Å². The second-order valence-electron chi connectivity index (χ2n) is 4.23. The molecule has 0 saturated carbocycles. The number of non-ortho nitro benzene ring substituents is 1. The number of allylic oxidation sites excluding steroid dienone is 2. The SMILES string of the molecule is Nc1ccc(C=CC=Cc2ccc([N+](=O)[O-])cc2)cc1. The van der Waals surface area contributed by atoms with Crippen LogP contribution in [0.25, 0.3) is 12.2 Å². The predicted molar refractivity (Wildman–Crippen MR) is 82.0 cm³/mol. The number of hydrogen-bond acceptors (Lipinski definition) is 3. The summed E-state index contributed by atoms with van der Waals surface area (Å²) in [6, 6.07) is 14.0. The highest BCUT2D eigenvalue weighted by molar-refractivity contribution is 5.59. The van der Waals surface area contributed by atoms with Crippen LogP contribution < -0.4 is 5.73 Å². The summed E-state index contributed by atoms with van der Waals surface area (Å²) < 4.78 is 0. The van der Waals surface area contributed by atoms with Crippen LogP contribution in [0.1, 0.15) is 11.1 Å². The molecule has 0 aromatic heterocycles. The second-order valence-corrected chi connectivity index (χ2v) is 4.23. The molecule has 2 N–H and O–H groups in total. The van der Waals surface area contributed by atoms with E-state index in [2.05, 4.69) is 0 Å². The minimum Gasteiger partial charge on any atom is -0.399 e. The lowest BCUT2D eigenvalue weighted by Crippen LogP contribution is -1.86. The van der Waals surface area contributed by atoms with Gasteiger partial charge in [-0.25, -0.2) is 0 Å². The van der Waals surface area contributed by atoms with Gasteiger partial charge < -0.3 is 5.73 Å². The van der Waals surface area contributed by atoms with E-state index in [9.17, 15) is 10.1 Å². The molecule has 0 bridgehead atoms. The first-order valence-electron chi connectivity index (χ1n) is 6.10. The van der Waals surface area contributed by atoms with Crippen molar-refractivity contribution in [1.29, 1.82) is 0 Å². The molecule has 4 nitrogen and oxygen atoms in total. The molecular formula is C16H14N2O2. The fourth-order valence-electron chi connectivity index (χ4n) is 1.65. The topological polar surface area (TPSA) is 69.2 Å². The summed E-state index contributed by atoms with van der Waals surface area (Å²) in [5.74, 6) is 0. The molecule has 0 atom stereocenters. The zero-order chi connectivity index (χ0) is 14.4. The predicted octanol–water partition coefficient (Wildman–Crippen LogP) is 3.90. The molecule has 20 heavy (non-hydrogen) atoms. The molecule has 100 valence electrons. The van der Waals surface area contributed by atoms with E-state index in [4.69, 9.17) is 5.73 Å². The summed E-state index contributed by atoms with van der Waals surface area (Å²) >= 11 is 0. The summed E-state index contributed by atoms with van der Waals surface area (Å²) in [6.07, 6.45) is 7.64. The highest BCUT2D eigenvalue weighted by Gasteiger charge is 2.01. The molecule has 2 rings (SSSR count). The fraction of sp³-hybridized carbons (Fsp3) is 0. The average molecular weight is 266 g/mol. The zero-order valence-electron chi connectivity index (χ0n) is 10.8. The number of nitrogens with two attached hydrogens (primary N) is 1. The van der Waals surface area contributed by atoms with Crippen molar-refractivity contribution in [2.45, 2.75) is 0 Å². The van der Waals surface area contributed by atoms with Gasteiger partial charge in [-0.1, -0.05) is 36.4 Å². The molecule has 2 aromatic rings. The minimum atomic E-state index is -0.408. The Bertz CT molecular complexity index is 641. The number of nitrogens with zero attached hydrogens (tertiary/aromatic N) is 1. The van der Waals surface area contributed by atoms with E-state index in [-0.39, 0.29) is 5.69 Å². The van der Waals surface area contributed by atoms with Crippen molar-refractivity contribution in [2.75, 3.05) is 5.73 Å². The van der Waals surface area contributed by atoms with Gasteiger partial charge in [0.05, 0.1) is 4.92 Å². The van der Waals surface area contributed by atoms with E-state index in [1.165, 1.54) is 12.1 Å². The Kier molecular flexibility index (Phi) is 4.29. The number of anilines is 1. The highest BCUT2D eigenvalue weighted by Crippen LogP contribution is 2.13. The van der Waals surface area contributed by atoms with Gasteiger partial charge in [0.25, 0.3) is 5.69 Å². The summed E-state index contributed by atoms with van der Waals surface area (Å²) in [6.45, 7) is 0. The van der Waals surface area contributed by atoms with Crippen LogP contribution in [0.4, 0.5) is 11.4 Å². The van der Waals surface area contributed by atoms with Crippen LogP contribution >= 0.6 is 0 Å². The molecule has 2 aromatic carbocycles. The third kappa shape index (κ3) is 3.81. The molecule has 0 heterocycles. The van der Waals surface area contributed by atoms with Gasteiger partial charge in [0.15, 0.2) is 0 Å². The first kappa shape index (κ1) is 13.5. The van der Waals surface area contributed by atoms with Crippen LogP contribution in [0.15, 0.2) is 60.7 Å². The van der Waals surface area contributed by atoms with Gasteiger partial charge in [-0.2, -0.15) is 0 Å². The van der Waals surface area contributed by atoms with Gasteiger partial charge in [0, 0.05) is 17.8 Å². The van der Waals surface area contributed by atoms with Gasteiger partial charge >= 0.3 is 0 Å². The number of benzene rings is 2. The molecule has 0 radical (unpaired) electrons. The fourth-order valence-corrected chi connectivity index (χ4v) is 1.65. The summed E-state index contributed by atoms with van der Waals surface area (Å²) in [5.41, 5.74) is 8.42. The molecular weight excluding hydrogens is 252 g/mol. The normalized spacial score (nSPS) is 11.2. The number of rotatable bonds is 4. The van der Waals surface area contributed by atoms with Crippen molar-refractivity contribution in [3.63, 3.8) is 0 Å². The van der Waals surface area contributed by atoms with Crippen LogP contribution in [0, 0.1) is 10.1 Å². The maximum Gasteiger partial charge on any atom is 0.269 e. The number of nitrogen functional groups attached to an aromatic ring is 1. The summed E-state index contributed by atoms with van der Waals surface area (Å²) in [7, 11) is 0. The molecule has 0 spiro atoms.